The van der Waals surface area contributed by atoms with Crippen molar-refractivity contribution >= 4 is 50.1 Å². The lowest BCUT2D eigenvalue weighted by Crippen LogP contribution is -2.13. The lowest BCUT2D eigenvalue weighted by atomic mass is 10.1. The summed E-state index contributed by atoms with van der Waals surface area (Å²) < 4.78 is 1.01. The van der Waals surface area contributed by atoms with Crippen LogP contribution in [0.1, 0.15) is 13.8 Å². The molecule has 1 aliphatic rings. The van der Waals surface area contributed by atoms with Crippen LogP contribution in [0.3, 0.4) is 0 Å². The van der Waals surface area contributed by atoms with Crippen LogP contribution in [0.25, 0.3) is 0 Å². The Hall–Kier alpha value is -0.190. The molecule has 1 aliphatic heterocycles. The predicted octanol–water partition coefficient (Wildman–Crippen LogP) is 4.64. The third kappa shape index (κ3) is 3.39. The van der Waals surface area contributed by atoms with E-state index in [1.165, 1.54) is 0 Å². The van der Waals surface area contributed by atoms with Gasteiger partial charge in [-0.05, 0) is 24.1 Å². The van der Waals surface area contributed by atoms with E-state index in [9.17, 15) is 0 Å². The summed E-state index contributed by atoms with van der Waals surface area (Å²) in [6, 6.07) is 5.76. The molecule has 1 N–H and O–H groups in total. The van der Waals surface area contributed by atoms with Crippen LogP contribution in [0.5, 0.6) is 0 Å². The summed E-state index contributed by atoms with van der Waals surface area (Å²) in [4.78, 5) is 4.50. The van der Waals surface area contributed by atoms with Gasteiger partial charge in [-0.3, -0.25) is 4.99 Å². The first-order valence-electron chi connectivity index (χ1n) is 5.49. The number of hydrogen-bond acceptors (Lipinski definition) is 3. The summed E-state index contributed by atoms with van der Waals surface area (Å²) in [6.45, 7) is 5.33. The quantitative estimate of drug-likeness (QED) is 0.852. The minimum atomic E-state index is 0.573. The van der Waals surface area contributed by atoms with Crippen LogP contribution in [0.15, 0.2) is 27.7 Å². The van der Waals surface area contributed by atoms with Gasteiger partial charge in [0, 0.05) is 9.72 Å². The van der Waals surface area contributed by atoms with E-state index in [4.69, 9.17) is 11.6 Å². The lowest BCUT2D eigenvalue weighted by Gasteiger charge is -2.12. The molecule has 0 amide bonds. The van der Waals surface area contributed by atoms with E-state index in [-0.39, 0.29) is 0 Å². The third-order valence-electron chi connectivity index (χ3n) is 2.59. The predicted molar refractivity (Wildman–Crippen MR) is 81.3 cm³/mol. The van der Waals surface area contributed by atoms with E-state index in [0.717, 1.165) is 21.9 Å². The van der Waals surface area contributed by atoms with E-state index >= 15 is 0 Å². The Morgan fingerprint density at radius 1 is 1.53 bits per heavy atom. The minimum Gasteiger partial charge on any atom is -0.334 e. The fourth-order valence-electron chi connectivity index (χ4n) is 1.52. The van der Waals surface area contributed by atoms with Crippen LogP contribution in [0.2, 0.25) is 5.02 Å². The summed E-state index contributed by atoms with van der Waals surface area (Å²) in [7, 11) is 0. The molecule has 1 unspecified atom stereocenters. The molecule has 0 aromatic heterocycles. The van der Waals surface area contributed by atoms with Gasteiger partial charge in [-0.25, -0.2) is 0 Å². The van der Waals surface area contributed by atoms with E-state index < -0.39 is 0 Å². The van der Waals surface area contributed by atoms with Gasteiger partial charge in [0.15, 0.2) is 5.17 Å². The highest BCUT2D eigenvalue weighted by Crippen LogP contribution is 2.31. The molecule has 0 aliphatic carbocycles. The molecule has 1 atom stereocenters. The zero-order chi connectivity index (χ0) is 12.4. The second-order valence-corrected chi connectivity index (χ2v) is 6.85. The molecule has 2 rings (SSSR count). The molecule has 0 saturated carbocycles. The fraction of sp³-hybridized carbons (Fsp3) is 0.417. The van der Waals surface area contributed by atoms with Gasteiger partial charge in [0.25, 0.3) is 0 Å². The summed E-state index contributed by atoms with van der Waals surface area (Å²) in [5.74, 6) is 0.640. The van der Waals surface area contributed by atoms with E-state index in [0.29, 0.717) is 16.2 Å². The highest BCUT2D eigenvalue weighted by Gasteiger charge is 2.22. The average Bonchev–Trinajstić information content (AvgIpc) is 2.72. The van der Waals surface area contributed by atoms with Crippen LogP contribution in [-0.2, 0) is 0 Å². The van der Waals surface area contributed by atoms with Gasteiger partial charge in [0.1, 0.15) is 0 Å². The largest absolute Gasteiger partial charge is 0.334 e. The monoisotopic (exact) mass is 332 g/mol. The van der Waals surface area contributed by atoms with Crippen molar-refractivity contribution < 1.29 is 0 Å². The molecular formula is C12H14BrClN2S. The lowest BCUT2D eigenvalue weighted by molar-refractivity contribution is 0.621. The number of anilines is 1. The van der Waals surface area contributed by atoms with Crippen LogP contribution in [0, 0.1) is 5.92 Å². The summed E-state index contributed by atoms with van der Waals surface area (Å²) in [6.07, 6.45) is 0. The molecule has 1 aromatic carbocycles. The minimum absolute atomic E-state index is 0.573. The normalized spacial score (nSPS) is 19.6. The van der Waals surface area contributed by atoms with Crippen molar-refractivity contribution in [1.29, 1.82) is 0 Å². The van der Waals surface area contributed by atoms with Crippen molar-refractivity contribution in [3.8, 4) is 0 Å². The molecule has 17 heavy (non-hydrogen) atoms. The van der Waals surface area contributed by atoms with Gasteiger partial charge in [0.05, 0.1) is 17.3 Å². The molecule has 0 fully saturated rings. The zero-order valence-corrected chi connectivity index (χ0v) is 12.9. The Morgan fingerprint density at radius 2 is 2.29 bits per heavy atom. The molecule has 0 spiro atoms. The Labute approximate surface area is 119 Å². The van der Waals surface area contributed by atoms with Gasteiger partial charge in [0.2, 0.25) is 0 Å². The average molecular weight is 334 g/mol. The van der Waals surface area contributed by atoms with Crippen molar-refractivity contribution in [2.24, 2.45) is 10.9 Å². The van der Waals surface area contributed by atoms with Gasteiger partial charge < -0.3 is 5.32 Å². The molecule has 1 heterocycles. The van der Waals surface area contributed by atoms with Gasteiger partial charge >= 0.3 is 0 Å². The molecule has 0 saturated heterocycles. The van der Waals surface area contributed by atoms with Crippen LogP contribution in [-0.4, -0.2) is 17.0 Å². The van der Waals surface area contributed by atoms with Crippen molar-refractivity contribution in [3.05, 3.63) is 27.7 Å². The maximum atomic E-state index is 6.13. The Balaban J connectivity index is 2.05. The van der Waals surface area contributed by atoms with Crippen molar-refractivity contribution in [3.63, 3.8) is 0 Å². The number of benzene rings is 1. The second kappa shape index (κ2) is 5.63. The second-order valence-electron chi connectivity index (χ2n) is 4.30. The zero-order valence-electron chi connectivity index (χ0n) is 9.71. The number of aliphatic imine (C=N–C) groups is 1. The van der Waals surface area contributed by atoms with Gasteiger partial charge in [-0.1, -0.05) is 53.1 Å². The van der Waals surface area contributed by atoms with E-state index in [2.05, 4.69) is 40.1 Å². The number of amidine groups is 1. The van der Waals surface area contributed by atoms with Crippen molar-refractivity contribution in [2.75, 3.05) is 11.9 Å². The van der Waals surface area contributed by atoms with Crippen molar-refractivity contribution in [1.82, 2.24) is 0 Å². The van der Waals surface area contributed by atoms with Gasteiger partial charge in [-0.2, -0.15) is 0 Å². The van der Waals surface area contributed by atoms with Crippen LogP contribution < -0.4 is 5.32 Å². The Morgan fingerprint density at radius 3 is 2.94 bits per heavy atom. The number of nitrogens with one attached hydrogen (secondary N) is 1. The number of rotatable bonds is 2. The summed E-state index contributed by atoms with van der Waals surface area (Å²) in [5.41, 5.74) is 0.900. The first kappa shape index (κ1) is 13.2. The van der Waals surface area contributed by atoms with Crippen LogP contribution >= 0.6 is 39.3 Å². The van der Waals surface area contributed by atoms with Gasteiger partial charge in [-0.15, -0.1) is 0 Å². The maximum Gasteiger partial charge on any atom is 0.161 e. The number of hydrogen-bond donors (Lipinski definition) is 1. The number of thioether (sulfide) groups is 1. The molecule has 5 heteroatoms. The number of halogens is 2. The highest BCUT2D eigenvalue weighted by molar-refractivity contribution is 9.10. The first-order chi connectivity index (χ1) is 8.06. The summed E-state index contributed by atoms with van der Waals surface area (Å²) >= 11 is 11.4. The fourth-order valence-corrected chi connectivity index (χ4v) is 3.07. The Bertz CT molecular complexity index is 448. The van der Waals surface area contributed by atoms with E-state index in [1.807, 2.05) is 18.2 Å². The highest BCUT2D eigenvalue weighted by atomic mass is 79.9. The maximum absolute atomic E-state index is 6.13. The first-order valence-corrected chi connectivity index (χ1v) is 7.54. The third-order valence-corrected chi connectivity index (χ3v) is 4.86. The van der Waals surface area contributed by atoms with Crippen molar-refractivity contribution in [2.45, 2.75) is 19.1 Å². The molecule has 92 valence electrons. The molecular weight excluding hydrogens is 320 g/mol. The molecule has 1 aromatic rings. The van der Waals surface area contributed by atoms with E-state index in [1.54, 1.807) is 11.8 Å². The SMILES string of the molecule is CC(C)C1CN=C(Nc2cc(Br)ccc2Cl)S1. The molecule has 0 bridgehead atoms. The molecule has 0 radical (unpaired) electrons. The standard InChI is InChI=1S/C12H14BrClN2S/c1-7(2)11-6-15-12(17-11)16-10-5-8(13)3-4-9(10)14/h3-5,7,11H,6H2,1-2H3,(H,15,16). The summed E-state index contributed by atoms with van der Waals surface area (Å²) in [5, 5.41) is 5.53. The van der Waals surface area contributed by atoms with Crippen LogP contribution in [0.4, 0.5) is 5.69 Å². The number of nitrogens with zero attached hydrogens (tertiary/aromatic N) is 1. The topological polar surface area (TPSA) is 24.4 Å². The molecule has 2 nitrogen and oxygen atoms in total. The smallest absolute Gasteiger partial charge is 0.161 e. The Kier molecular flexibility index (Phi) is 4.39.